The van der Waals surface area contributed by atoms with Gasteiger partial charge < -0.3 is 35.6 Å². The van der Waals surface area contributed by atoms with Crippen LogP contribution < -0.4 is 5.32 Å². The Morgan fingerprint density at radius 1 is 1.07 bits per heavy atom. The summed E-state index contributed by atoms with van der Waals surface area (Å²) in [6, 6.07) is 9.25. The zero-order valence-corrected chi connectivity index (χ0v) is 15.7. The molecule has 1 aromatic heterocycles. The average Bonchev–Trinajstić information content (AvgIpc) is 2.72. The maximum absolute atomic E-state index is 10.8. The Bertz CT molecular complexity index is 815. The molecule has 0 saturated carbocycles. The number of rotatable bonds is 5. The highest BCUT2D eigenvalue weighted by atomic mass is 16.6. The van der Waals surface area contributed by atoms with Crippen LogP contribution in [0.5, 0.6) is 0 Å². The van der Waals surface area contributed by atoms with Gasteiger partial charge in [-0.05, 0) is 41.3 Å². The molecule has 1 aliphatic rings. The van der Waals surface area contributed by atoms with E-state index in [1.807, 2.05) is 31.2 Å². The molecule has 0 radical (unpaired) electrons. The van der Waals surface area contributed by atoms with Crippen molar-refractivity contribution in [1.82, 2.24) is 4.98 Å². The summed E-state index contributed by atoms with van der Waals surface area (Å²) >= 11 is 0. The number of aliphatic hydroxyl groups is 5. The molecule has 8 nitrogen and oxygen atoms in total. The molecular formula is C20H26N2O6. The summed E-state index contributed by atoms with van der Waals surface area (Å²) in [4.78, 5) is 4.19. The van der Waals surface area contributed by atoms with Crippen LogP contribution in [0.15, 0.2) is 36.5 Å². The van der Waals surface area contributed by atoms with Crippen molar-refractivity contribution < 1.29 is 30.3 Å². The first-order chi connectivity index (χ1) is 13.4. The number of nitrogens with zero attached hydrogens (tertiary/aromatic N) is 1. The topological polar surface area (TPSA) is 135 Å². The fourth-order valence-electron chi connectivity index (χ4n) is 3.50. The summed E-state index contributed by atoms with van der Waals surface area (Å²) in [6.07, 6.45) is -6.27. The molecule has 6 N–H and O–H groups in total. The SMILES string of the molecule is CNc1cc(-c2ccc([C@@H](O)[C@H]3OC(CO)[C@@H](O)C(O)C3O)c(C)c2)ccn1. The van der Waals surface area contributed by atoms with Crippen LogP contribution in [-0.4, -0.2) is 74.7 Å². The molecule has 8 heteroatoms. The van der Waals surface area contributed by atoms with Gasteiger partial charge in [0.15, 0.2) is 0 Å². The van der Waals surface area contributed by atoms with Crippen molar-refractivity contribution in [1.29, 1.82) is 0 Å². The van der Waals surface area contributed by atoms with Crippen LogP contribution in [-0.2, 0) is 4.74 Å². The van der Waals surface area contributed by atoms with Crippen molar-refractivity contribution >= 4 is 5.82 Å². The molecule has 1 aliphatic heterocycles. The zero-order valence-electron chi connectivity index (χ0n) is 15.7. The van der Waals surface area contributed by atoms with Crippen molar-refractivity contribution in [3.8, 4) is 11.1 Å². The first kappa shape index (κ1) is 20.7. The van der Waals surface area contributed by atoms with Gasteiger partial charge in [-0.3, -0.25) is 0 Å². The molecule has 3 rings (SSSR count). The Hall–Kier alpha value is -2.07. The lowest BCUT2D eigenvalue weighted by atomic mass is 9.88. The number of aryl methyl sites for hydroxylation is 1. The van der Waals surface area contributed by atoms with E-state index in [1.165, 1.54) is 0 Å². The number of aromatic nitrogens is 1. The van der Waals surface area contributed by atoms with E-state index < -0.39 is 43.2 Å². The highest BCUT2D eigenvalue weighted by Crippen LogP contribution is 2.33. The fraction of sp³-hybridized carbons (Fsp3) is 0.450. The quantitative estimate of drug-likeness (QED) is 0.419. The molecule has 0 bridgehead atoms. The normalized spacial score (nSPS) is 28.8. The Labute approximate surface area is 163 Å². The Kier molecular flexibility index (Phi) is 6.29. The lowest BCUT2D eigenvalue weighted by Crippen LogP contribution is -2.59. The van der Waals surface area contributed by atoms with Gasteiger partial charge in [-0.1, -0.05) is 18.2 Å². The number of hydrogen-bond acceptors (Lipinski definition) is 8. The second-order valence-electron chi connectivity index (χ2n) is 6.99. The summed E-state index contributed by atoms with van der Waals surface area (Å²) in [6.45, 7) is 1.29. The van der Waals surface area contributed by atoms with Crippen LogP contribution in [0.1, 0.15) is 17.2 Å². The molecule has 0 spiro atoms. The first-order valence-corrected chi connectivity index (χ1v) is 9.10. The average molecular weight is 390 g/mol. The summed E-state index contributed by atoms with van der Waals surface area (Å²) < 4.78 is 5.47. The molecule has 2 heterocycles. The second kappa shape index (κ2) is 8.52. The van der Waals surface area contributed by atoms with E-state index in [4.69, 9.17) is 4.74 Å². The van der Waals surface area contributed by atoms with Crippen LogP contribution in [0.4, 0.5) is 5.82 Å². The standard InChI is InChI=1S/C20H26N2O6/c1-10-7-11(12-5-6-22-15(8-12)21-2)3-4-13(10)16(24)20-19(27)18(26)17(25)14(9-23)28-20/h3-8,14,16-20,23-27H,9H2,1-2H3,(H,21,22)/t14?,16-,17-,18?,19?,20-/m1/s1. The predicted molar refractivity (Wildman–Crippen MR) is 103 cm³/mol. The van der Waals surface area contributed by atoms with Crippen molar-refractivity contribution in [3.05, 3.63) is 47.7 Å². The molecule has 2 aromatic rings. The zero-order chi connectivity index (χ0) is 20.4. The number of pyridine rings is 1. The lowest BCUT2D eigenvalue weighted by Gasteiger charge is -2.42. The molecule has 6 atom stereocenters. The van der Waals surface area contributed by atoms with Gasteiger partial charge in [0.2, 0.25) is 0 Å². The largest absolute Gasteiger partial charge is 0.394 e. The van der Waals surface area contributed by atoms with Crippen LogP contribution in [0, 0.1) is 6.92 Å². The smallest absolute Gasteiger partial charge is 0.126 e. The molecule has 0 amide bonds. The highest BCUT2D eigenvalue weighted by Gasteiger charge is 2.46. The summed E-state index contributed by atoms with van der Waals surface area (Å²) in [5.74, 6) is 0.737. The molecule has 1 saturated heterocycles. The minimum Gasteiger partial charge on any atom is -0.394 e. The van der Waals surface area contributed by atoms with Crippen LogP contribution in [0.3, 0.4) is 0 Å². The monoisotopic (exact) mass is 390 g/mol. The van der Waals surface area contributed by atoms with E-state index in [0.717, 1.165) is 22.5 Å². The maximum Gasteiger partial charge on any atom is 0.126 e. The number of ether oxygens (including phenoxy) is 1. The van der Waals surface area contributed by atoms with Crippen molar-refractivity contribution in [2.24, 2.45) is 0 Å². The van der Waals surface area contributed by atoms with Crippen LogP contribution >= 0.6 is 0 Å². The Morgan fingerprint density at radius 3 is 2.43 bits per heavy atom. The Morgan fingerprint density at radius 2 is 1.79 bits per heavy atom. The number of aliphatic hydroxyl groups excluding tert-OH is 5. The number of anilines is 1. The number of benzene rings is 1. The number of hydrogen-bond donors (Lipinski definition) is 6. The van der Waals surface area contributed by atoms with E-state index in [9.17, 15) is 25.5 Å². The molecule has 1 fully saturated rings. The van der Waals surface area contributed by atoms with Crippen LogP contribution in [0.25, 0.3) is 11.1 Å². The maximum atomic E-state index is 10.8. The van der Waals surface area contributed by atoms with E-state index in [1.54, 1.807) is 19.3 Å². The van der Waals surface area contributed by atoms with E-state index >= 15 is 0 Å². The van der Waals surface area contributed by atoms with Gasteiger partial charge in [0.25, 0.3) is 0 Å². The third-order valence-electron chi connectivity index (χ3n) is 5.18. The van der Waals surface area contributed by atoms with Crippen LogP contribution in [0.2, 0.25) is 0 Å². The van der Waals surface area contributed by atoms with E-state index in [0.29, 0.717) is 5.56 Å². The molecule has 3 unspecified atom stereocenters. The fourth-order valence-corrected chi connectivity index (χ4v) is 3.50. The lowest BCUT2D eigenvalue weighted by molar-refractivity contribution is -0.250. The van der Waals surface area contributed by atoms with Gasteiger partial charge in [-0.25, -0.2) is 4.98 Å². The van der Waals surface area contributed by atoms with Crippen molar-refractivity contribution in [3.63, 3.8) is 0 Å². The van der Waals surface area contributed by atoms with Crippen molar-refractivity contribution in [2.75, 3.05) is 19.0 Å². The van der Waals surface area contributed by atoms with Gasteiger partial charge in [-0.2, -0.15) is 0 Å². The number of nitrogens with one attached hydrogen (secondary N) is 1. The third-order valence-corrected chi connectivity index (χ3v) is 5.18. The minimum absolute atomic E-state index is 0.524. The van der Waals surface area contributed by atoms with Gasteiger partial charge >= 0.3 is 0 Å². The Balaban J connectivity index is 1.87. The van der Waals surface area contributed by atoms with Crippen molar-refractivity contribution in [2.45, 2.75) is 43.5 Å². The predicted octanol–water partition coefficient (Wildman–Crippen LogP) is -0.0255. The first-order valence-electron chi connectivity index (χ1n) is 9.10. The third kappa shape index (κ3) is 3.88. The minimum atomic E-state index is -1.53. The van der Waals surface area contributed by atoms with Gasteiger partial charge in [-0.15, -0.1) is 0 Å². The molecule has 152 valence electrons. The van der Waals surface area contributed by atoms with Gasteiger partial charge in [0.05, 0.1) is 6.61 Å². The summed E-state index contributed by atoms with van der Waals surface area (Å²) in [7, 11) is 1.79. The highest BCUT2D eigenvalue weighted by molar-refractivity contribution is 5.67. The molecule has 0 aliphatic carbocycles. The molecule has 28 heavy (non-hydrogen) atoms. The molecular weight excluding hydrogens is 364 g/mol. The second-order valence-corrected chi connectivity index (χ2v) is 6.99. The van der Waals surface area contributed by atoms with Gasteiger partial charge in [0, 0.05) is 13.2 Å². The van der Waals surface area contributed by atoms with Gasteiger partial charge in [0.1, 0.15) is 42.4 Å². The summed E-state index contributed by atoms with van der Waals surface area (Å²) in [5, 5.41) is 53.2. The molecule has 1 aromatic carbocycles. The van der Waals surface area contributed by atoms with E-state index in [-0.39, 0.29) is 0 Å². The summed E-state index contributed by atoms with van der Waals surface area (Å²) in [5.41, 5.74) is 3.18. The van der Waals surface area contributed by atoms with E-state index in [2.05, 4.69) is 10.3 Å².